The molecule has 2 aliphatic rings. The van der Waals surface area contributed by atoms with Crippen molar-refractivity contribution in [1.29, 1.82) is 0 Å². The van der Waals surface area contributed by atoms with E-state index < -0.39 is 65.3 Å². The number of carbonyl (C=O) groups is 5. The third-order valence-corrected chi connectivity index (χ3v) is 6.20. The highest BCUT2D eigenvalue weighted by molar-refractivity contribution is 6.01. The van der Waals surface area contributed by atoms with Gasteiger partial charge < -0.3 is 28.7 Å². The number of rotatable bonds is 8. The number of amides is 2. The van der Waals surface area contributed by atoms with Crippen LogP contribution in [0.15, 0.2) is 25.3 Å². The minimum absolute atomic E-state index is 0.0850. The van der Waals surface area contributed by atoms with Gasteiger partial charge in [-0.2, -0.15) is 0 Å². The van der Waals surface area contributed by atoms with Gasteiger partial charge in [-0.25, -0.2) is 4.79 Å². The van der Waals surface area contributed by atoms with Crippen LogP contribution in [0.25, 0.3) is 0 Å². The molecule has 2 aliphatic heterocycles. The Morgan fingerprint density at radius 3 is 2.03 bits per heavy atom. The van der Waals surface area contributed by atoms with Crippen LogP contribution in [-0.2, 0) is 42.9 Å². The lowest BCUT2D eigenvalue weighted by atomic mass is 9.76. The molecule has 2 saturated heterocycles. The maximum Gasteiger partial charge on any atom is 0.332 e. The van der Waals surface area contributed by atoms with Crippen LogP contribution in [0, 0.1) is 11.8 Å². The van der Waals surface area contributed by atoms with Crippen LogP contribution in [0.2, 0.25) is 0 Å². The van der Waals surface area contributed by atoms with Gasteiger partial charge in [0.15, 0.2) is 11.6 Å². The lowest BCUT2D eigenvalue weighted by molar-refractivity contribution is -0.182. The van der Waals surface area contributed by atoms with E-state index in [1.165, 1.54) is 25.0 Å². The van der Waals surface area contributed by atoms with Crippen molar-refractivity contribution in [2.75, 3.05) is 35.0 Å². The molecule has 0 aromatic heterocycles. The van der Waals surface area contributed by atoms with E-state index in [9.17, 15) is 24.0 Å². The van der Waals surface area contributed by atoms with Crippen molar-refractivity contribution < 1.29 is 42.9 Å². The molecule has 0 bridgehead atoms. The van der Waals surface area contributed by atoms with Crippen LogP contribution < -0.4 is 0 Å². The SMILES string of the molecule is C=CCN1C(=O)[C@H](OC)[C@@H]1[C@H]1[C@@H](C(=O)OC)[C@H](C(=O)OC)[C@@](C)(C(=O)OC)N1C(=O)C=C. The van der Waals surface area contributed by atoms with Crippen LogP contribution in [0.4, 0.5) is 0 Å². The summed E-state index contributed by atoms with van der Waals surface area (Å²) in [5.41, 5.74) is -1.96. The Balaban J connectivity index is 2.85. The Hall–Kier alpha value is -3.21. The summed E-state index contributed by atoms with van der Waals surface area (Å²) in [5.74, 6) is -6.75. The van der Waals surface area contributed by atoms with Gasteiger partial charge in [-0.3, -0.25) is 19.2 Å². The third-order valence-electron chi connectivity index (χ3n) is 6.20. The fourth-order valence-corrected chi connectivity index (χ4v) is 4.85. The molecule has 0 aromatic rings. The van der Waals surface area contributed by atoms with E-state index in [1.807, 2.05) is 0 Å². The number of likely N-dealkylation sites (tertiary alicyclic amines) is 2. The molecular formula is C21H28N2O9. The van der Waals surface area contributed by atoms with E-state index >= 15 is 0 Å². The second kappa shape index (κ2) is 9.51. The van der Waals surface area contributed by atoms with Gasteiger partial charge in [0.05, 0.1) is 39.3 Å². The topological polar surface area (TPSA) is 129 Å². The molecule has 0 radical (unpaired) electrons. The predicted octanol–water partition coefficient (Wildman–Crippen LogP) is -0.695. The normalized spacial score (nSPS) is 31.4. The summed E-state index contributed by atoms with van der Waals surface area (Å²) in [6.45, 7) is 8.49. The molecule has 2 heterocycles. The molecular weight excluding hydrogens is 424 g/mol. The Bertz CT molecular complexity index is 841. The molecule has 0 spiro atoms. The minimum atomic E-state index is -1.96. The second-order valence-corrected chi connectivity index (χ2v) is 7.52. The summed E-state index contributed by atoms with van der Waals surface area (Å²) in [6, 6.07) is -2.08. The number of esters is 3. The molecule has 0 aliphatic carbocycles. The van der Waals surface area contributed by atoms with Gasteiger partial charge in [-0.05, 0) is 13.0 Å². The van der Waals surface area contributed by atoms with Crippen molar-refractivity contribution in [2.24, 2.45) is 11.8 Å². The van der Waals surface area contributed by atoms with E-state index in [0.717, 1.165) is 32.3 Å². The number of methoxy groups -OCH3 is 4. The largest absolute Gasteiger partial charge is 0.469 e. The Morgan fingerprint density at radius 2 is 1.59 bits per heavy atom. The van der Waals surface area contributed by atoms with Crippen molar-refractivity contribution in [3.63, 3.8) is 0 Å². The molecule has 2 rings (SSSR count). The smallest absolute Gasteiger partial charge is 0.332 e. The highest BCUT2D eigenvalue weighted by Crippen LogP contribution is 2.49. The van der Waals surface area contributed by atoms with E-state index in [-0.39, 0.29) is 6.54 Å². The average molecular weight is 452 g/mol. The molecule has 2 fully saturated rings. The molecule has 32 heavy (non-hydrogen) atoms. The van der Waals surface area contributed by atoms with Crippen molar-refractivity contribution >= 4 is 29.7 Å². The van der Waals surface area contributed by atoms with Gasteiger partial charge in [0.1, 0.15) is 5.92 Å². The number of hydrogen-bond donors (Lipinski definition) is 0. The first kappa shape index (κ1) is 25.1. The van der Waals surface area contributed by atoms with Crippen LogP contribution in [-0.4, -0.2) is 98.2 Å². The summed E-state index contributed by atoms with van der Waals surface area (Å²) in [7, 11) is 4.60. The molecule has 0 unspecified atom stereocenters. The molecule has 176 valence electrons. The fraction of sp³-hybridized carbons (Fsp3) is 0.571. The lowest BCUT2D eigenvalue weighted by Crippen LogP contribution is -2.73. The molecule has 11 heteroatoms. The number of hydrogen-bond acceptors (Lipinski definition) is 9. The van der Waals surface area contributed by atoms with E-state index in [1.54, 1.807) is 0 Å². The van der Waals surface area contributed by atoms with Crippen molar-refractivity contribution in [2.45, 2.75) is 30.7 Å². The minimum Gasteiger partial charge on any atom is -0.469 e. The molecule has 6 atom stereocenters. The molecule has 2 amide bonds. The summed E-state index contributed by atoms with van der Waals surface area (Å²) in [5, 5.41) is 0. The maximum absolute atomic E-state index is 13.1. The highest BCUT2D eigenvalue weighted by atomic mass is 16.5. The van der Waals surface area contributed by atoms with Crippen molar-refractivity contribution in [1.82, 2.24) is 9.80 Å². The number of carbonyl (C=O) groups excluding carboxylic acids is 5. The van der Waals surface area contributed by atoms with Crippen LogP contribution in [0.5, 0.6) is 0 Å². The number of nitrogens with zero attached hydrogens (tertiary/aromatic N) is 2. The molecule has 0 saturated carbocycles. The molecule has 0 N–H and O–H groups in total. The lowest BCUT2D eigenvalue weighted by Gasteiger charge is -2.52. The first-order valence-electron chi connectivity index (χ1n) is 9.76. The first-order chi connectivity index (χ1) is 15.1. The predicted molar refractivity (Wildman–Crippen MR) is 109 cm³/mol. The van der Waals surface area contributed by atoms with Crippen LogP contribution in [0.3, 0.4) is 0 Å². The van der Waals surface area contributed by atoms with E-state index in [0.29, 0.717) is 0 Å². The van der Waals surface area contributed by atoms with Crippen LogP contribution in [0.1, 0.15) is 6.92 Å². The van der Waals surface area contributed by atoms with Gasteiger partial charge >= 0.3 is 17.9 Å². The average Bonchev–Trinajstić information content (AvgIpc) is 3.07. The standard InChI is InChI=1S/C21H28N2O9/c1-8-10-22-15(16(29-4)17(22)25)14-12(18(26)30-5)13(19(27)31-6)21(3,20(28)32-7)23(14)11(24)9-2/h8-9,12-16H,1-2,10H2,3-7H3/t12-,13+,14+,15-,16+,21-/m0/s1. The van der Waals surface area contributed by atoms with Gasteiger partial charge in [-0.15, -0.1) is 6.58 Å². The second-order valence-electron chi connectivity index (χ2n) is 7.52. The summed E-state index contributed by atoms with van der Waals surface area (Å²) < 4.78 is 20.1. The van der Waals surface area contributed by atoms with Gasteiger partial charge in [-0.1, -0.05) is 12.7 Å². The maximum atomic E-state index is 13.1. The van der Waals surface area contributed by atoms with E-state index in [2.05, 4.69) is 13.2 Å². The summed E-state index contributed by atoms with van der Waals surface area (Å²) >= 11 is 0. The zero-order valence-corrected chi connectivity index (χ0v) is 18.7. The number of β-lactam (4-membered cyclic amide) rings is 1. The zero-order valence-electron chi connectivity index (χ0n) is 18.7. The monoisotopic (exact) mass is 452 g/mol. The first-order valence-corrected chi connectivity index (χ1v) is 9.76. The highest BCUT2D eigenvalue weighted by Gasteiger charge is 2.72. The van der Waals surface area contributed by atoms with Crippen LogP contribution >= 0.6 is 0 Å². The third kappa shape index (κ3) is 3.46. The fourth-order valence-electron chi connectivity index (χ4n) is 4.85. The summed E-state index contributed by atoms with van der Waals surface area (Å²) in [4.78, 5) is 67.0. The Labute approximate surface area is 185 Å². The molecule has 11 nitrogen and oxygen atoms in total. The van der Waals surface area contributed by atoms with Crippen molar-refractivity contribution in [3.8, 4) is 0 Å². The van der Waals surface area contributed by atoms with Gasteiger partial charge in [0.2, 0.25) is 5.91 Å². The number of ether oxygens (including phenoxy) is 4. The van der Waals surface area contributed by atoms with Gasteiger partial charge in [0, 0.05) is 13.7 Å². The molecule has 0 aromatic carbocycles. The quantitative estimate of drug-likeness (QED) is 0.154. The zero-order chi connectivity index (χ0) is 24.4. The van der Waals surface area contributed by atoms with Gasteiger partial charge in [0.25, 0.3) is 5.91 Å². The van der Waals surface area contributed by atoms with E-state index in [4.69, 9.17) is 18.9 Å². The summed E-state index contributed by atoms with van der Waals surface area (Å²) in [6.07, 6.45) is 1.38. The van der Waals surface area contributed by atoms with Crippen molar-refractivity contribution in [3.05, 3.63) is 25.3 Å². The Morgan fingerprint density at radius 1 is 1.00 bits per heavy atom. The Kier molecular flexibility index (Phi) is 7.45.